The van der Waals surface area contributed by atoms with Gasteiger partial charge in [0.15, 0.2) is 21.8 Å². The van der Waals surface area contributed by atoms with Gasteiger partial charge in [0.1, 0.15) is 11.9 Å². The molecule has 5 heterocycles. The van der Waals surface area contributed by atoms with Crippen LogP contribution >= 0.6 is 34.3 Å². The number of urea groups is 1. The molecule has 2 saturated heterocycles. The van der Waals surface area contributed by atoms with Crippen LogP contribution in [0.15, 0.2) is 57.5 Å². The minimum Gasteiger partial charge on any atom is -0.466 e. The Morgan fingerprint density at radius 1 is 1.25 bits per heavy atom. The first-order chi connectivity index (χ1) is 21.2. The zero-order valence-corrected chi connectivity index (χ0v) is 26.1. The minimum atomic E-state index is -0.855. The number of aromatic nitrogens is 2. The lowest BCUT2D eigenvalue weighted by Gasteiger charge is -2.38. The van der Waals surface area contributed by atoms with Crippen LogP contribution in [0.3, 0.4) is 0 Å². The van der Waals surface area contributed by atoms with Crippen molar-refractivity contribution in [3.8, 4) is 0 Å². The molecule has 11 nitrogen and oxygen atoms in total. The number of nitrogens with one attached hydrogen (secondary N) is 1. The van der Waals surface area contributed by atoms with Crippen molar-refractivity contribution in [1.29, 1.82) is 0 Å². The fourth-order valence-corrected chi connectivity index (χ4v) is 7.10. The predicted molar refractivity (Wildman–Crippen MR) is 166 cm³/mol. The molecule has 3 aliphatic heterocycles. The van der Waals surface area contributed by atoms with Gasteiger partial charge < -0.3 is 15.0 Å². The maximum absolute atomic E-state index is 14.0. The molecule has 2 fully saturated rings. The van der Waals surface area contributed by atoms with Crippen molar-refractivity contribution < 1.29 is 23.5 Å². The van der Waals surface area contributed by atoms with Gasteiger partial charge in [-0.05, 0) is 31.2 Å². The molecule has 44 heavy (non-hydrogen) atoms. The van der Waals surface area contributed by atoms with E-state index in [-0.39, 0.29) is 28.5 Å². The number of ether oxygens (including phenoxy) is 1. The number of rotatable bonds is 8. The number of benzene rings is 1. The lowest BCUT2D eigenvalue weighted by Crippen LogP contribution is -2.53. The number of amides is 2. The second-order valence-electron chi connectivity index (χ2n) is 10.4. The summed E-state index contributed by atoms with van der Waals surface area (Å²) in [6, 6.07) is 2.93. The van der Waals surface area contributed by atoms with Gasteiger partial charge in [-0.3, -0.25) is 19.6 Å². The van der Waals surface area contributed by atoms with Crippen LogP contribution in [-0.2, 0) is 14.3 Å². The van der Waals surface area contributed by atoms with Crippen molar-refractivity contribution >= 4 is 69.1 Å². The number of fused-ring (bicyclic) bond motifs is 1. The number of allylic oxidation sites excluding steroid dienone is 1. The van der Waals surface area contributed by atoms with Gasteiger partial charge in [0.2, 0.25) is 0 Å². The number of carbonyl (C=O) groups is 3. The van der Waals surface area contributed by atoms with Crippen molar-refractivity contribution in [2.45, 2.75) is 19.0 Å². The predicted octanol–water partition coefficient (Wildman–Crippen LogP) is 4.14. The minimum absolute atomic E-state index is 0.0796. The van der Waals surface area contributed by atoms with Crippen LogP contribution < -0.4 is 10.2 Å². The van der Waals surface area contributed by atoms with E-state index in [1.165, 1.54) is 61.0 Å². The first-order valence-electron chi connectivity index (χ1n) is 13.7. The van der Waals surface area contributed by atoms with Gasteiger partial charge >= 0.3 is 12.0 Å². The van der Waals surface area contributed by atoms with Crippen LogP contribution in [0.4, 0.5) is 14.3 Å². The summed E-state index contributed by atoms with van der Waals surface area (Å²) in [7, 11) is 1.30. The molecule has 0 aliphatic carbocycles. The SMILES string of the molecule is COC(=O)C1=C(CN2CCN3C(=O)N(c4nc(/C=C/C(C)=O)cs4)C[C@@H]3C2)NC(c2nccs2)=N[C@H]1c1ccc(F)cc1Cl. The van der Waals surface area contributed by atoms with Crippen LogP contribution in [0, 0.1) is 5.82 Å². The Kier molecular flexibility index (Phi) is 8.58. The summed E-state index contributed by atoms with van der Waals surface area (Å²) < 4.78 is 19.1. The Morgan fingerprint density at radius 2 is 2.09 bits per heavy atom. The topological polar surface area (TPSA) is 120 Å². The number of thiazole rings is 2. The van der Waals surface area contributed by atoms with Crippen molar-refractivity contribution in [3.05, 3.63) is 79.6 Å². The fourth-order valence-electron chi connectivity index (χ4n) is 5.45. The van der Waals surface area contributed by atoms with E-state index in [1.807, 2.05) is 15.7 Å². The quantitative estimate of drug-likeness (QED) is 0.284. The van der Waals surface area contributed by atoms with Crippen LogP contribution in [-0.4, -0.2) is 89.3 Å². The van der Waals surface area contributed by atoms with Gasteiger partial charge in [0.05, 0.1) is 31.0 Å². The third kappa shape index (κ3) is 6.02. The molecule has 6 rings (SSSR count). The fraction of sp³-hybridized carbons (Fsp3) is 0.310. The molecule has 228 valence electrons. The molecule has 2 atom stereocenters. The normalized spacial score (nSPS) is 20.6. The second-order valence-corrected chi connectivity index (χ2v) is 12.5. The number of methoxy groups -OCH3 is 1. The monoisotopic (exact) mass is 655 g/mol. The zero-order valence-electron chi connectivity index (χ0n) is 23.7. The molecule has 2 aromatic heterocycles. The van der Waals surface area contributed by atoms with Gasteiger partial charge in [0.25, 0.3) is 0 Å². The number of hydrogen-bond acceptors (Lipinski definition) is 11. The van der Waals surface area contributed by atoms with Gasteiger partial charge in [-0.25, -0.2) is 23.9 Å². The summed E-state index contributed by atoms with van der Waals surface area (Å²) >= 11 is 9.21. The van der Waals surface area contributed by atoms with Crippen molar-refractivity contribution in [2.75, 3.05) is 44.7 Å². The number of ketones is 1. The molecule has 3 aliphatic rings. The van der Waals surface area contributed by atoms with E-state index < -0.39 is 17.8 Å². The molecule has 0 unspecified atom stereocenters. The van der Waals surface area contributed by atoms with E-state index in [1.54, 1.807) is 17.2 Å². The summed E-state index contributed by atoms with van der Waals surface area (Å²) in [5, 5.41) is 8.29. The van der Waals surface area contributed by atoms with E-state index in [0.29, 0.717) is 65.7 Å². The summed E-state index contributed by atoms with van der Waals surface area (Å²) in [6.07, 6.45) is 4.75. The average molecular weight is 656 g/mol. The lowest BCUT2D eigenvalue weighted by atomic mass is 9.95. The number of halogens is 2. The molecule has 15 heteroatoms. The highest BCUT2D eigenvalue weighted by Gasteiger charge is 2.43. The second kappa shape index (κ2) is 12.6. The smallest absolute Gasteiger partial charge is 0.338 e. The van der Waals surface area contributed by atoms with Gasteiger partial charge in [-0.2, -0.15) is 0 Å². The molecule has 1 aromatic carbocycles. The number of carbonyl (C=O) groups excluding carboxylic acids is 3. The third-order valence-electron chi connectivity index (χ3n) is 7.47. The summed E-state index contributed by atoms with van der Waals surface area (Å²) in [6.45, 7) is 3.86. The van der Waals surface area contributed by atoms with E-state index in [4.69, 9.17) is 21.3 Å². The largest absolute Gasteiger partial charge is 0.466 e. The van der Waals surface area contributed by atoms with E-state index >= 15 is 0 Å². The average Bonchev–Trinajstić information content (AvgIpc) is 3.76. The molecule has 0 spiro atoms. The van der Waals surface area contributed by atoms with E-state index in [0.717, 1.165) is 0 Å². The molecular formula is C29H27ClFN7O4S2. The summed E-state index contributed by atoms with van der Waals surface area (Å²) in [5.41, 5.74) is 1.92. The van der Waals surface area contributed by atoms with E-state index in [2.05, 4.69) is 20.2 Å². The van der Waals surface area contributed by atoms with Crippen molar-refractivity contribution in [2.24, 2.45) is 4.99 Å². The zero-order chi connectivity index (χ0) is 31.0. The van der Waals surface area contributed by atoms with Gasteiger partial charge in [0, 0.05) is 59.4 Å². The highest BCUT2D eigenvalue weighted by molar-refractivity contribution is 7.14. The van der Waals surface area contributed by atoms with E-state index in [9.17, 15) is 18.8 Å². The van der Waals surface area contributed by atoms with Crippen LogP contribution in [0.2, 0.25) is 5.02 Å². The standard InChI is InChI=1S/C29H27ClFN7O4S2/c1-16(39)3-5-18-15-44-28(33-18)38-13-19-12-36(8-9-37(19)29(38)41)14-22-23(27(40)42-2)24(20-6-4-17(31)11-21(20)30)35-25(34-22)26-32-7-10-43-26/h3-7,10-11,15,19,24H,8-9,12-14H2,1-2H3,(H,34,35)/b5-3+/t19-,24-/m0/s1. The number of piperazine rings is 1. The summed E-state index contributed by atoms with van der Waals surface area (Å²) in [4.78, 5) is 57.3. The molecular weight excluding hydrogens is 629 g/mol. The van der Waals surface area contributed by atoms with Crippen molar-refractivity contribution in [3.63, 3.8) is 0 Å². The number of amidine groups is 1. The highest BCUT2D eigenvalue weighted by atomic mass is 35.5. The van der Waals surface area contributed by atoms with Crippen LogP contribution in [0.5, 0.6) is 0 Å². The number of nitrogens with zero attached hydrogens (tertiary/aromatic N) is 6. The first-order valence-corrected chi connectivity index (χ1v) is 15.8. The Balaban J connectivity index is 1.26. The number of esters is 1. The molecule has 1 N–H and O–H groups in total. The lowest BCUT2D eigenvalue weighted by molar-refractivity contribution is -0.136. The highest BCUT2D eigenvalue weighted by Crippen LogP contribution is 2.37. The summed E-state index contributed by atoms with van der Waals surface area (Å²) in [5.74, 6) is -0.699. The molecule has 0 saturated carbocycles. The Bertz CT molecular complexity index is 1710. The van der Waals surface area contributed by atoms with Gasteiger partial charge in [-0.15, -0.1) is 22.7 Å². The maximum Gasteiger partial charge on any atom is 0.338 e. The molecule has 2 amide bonds. The molecule has 0 bridgehead atoms. The number of anilines is 1. The molecule has 3 aromatic rings. The van der Waals surface area contributed by atoms with Crippen LogP contribution in [0.25, 0.3) is 6.08 Å². The first kappa shape index (κ1) is 30.1. The Hall–Kier alpha value is -3.98. The van der Waals surface area contributed by atoms with Gasteiger partial charge in [-0.1, -0.05) is 17.7 Å². The third-order valence-corrected chi connectivity index (χ3v) is 9.46. The Labute approximate surface area is 265 Å². The molecule has 0 radical (unpaired) electrons. The maximum atomic E-state index is 14.0. The van der Waals surface area contributed by atoms with Crippen molar-refractivity contribution in [1.82, 2.24) is 25.1 Å². The Morgan fingerprint density at radius 3 is 2.82 bits per heavy atom. The number of hydrogen-bond donors (Lipinski definition) is 1. The van der Waals surface area contributed by atoms with Crippen LogP contribution in [0.1, 0.15) is 29.2 Å². The number of aliphatic imine (C=N–C) groups is 1.